The Morgan fingerprint density at radius 3 is 2.64 bits per heavy atom. The molecule has 1 N–H and O–H groups in total. The summed E-state index contributed by atoms with van der Waals surface area (Å²) in [5.41, 5.74) is 1.44. The Labute approximate surface area is 65.7 Å². The molecule has 0 radical (unpaired) electrons. The van der Waals surface area contributed by atoms with Crippen LogP contribution in [0.1, 0.15) is 11.4 Å². The van der Waals surface area contributed by atoms with Crippen molar-refractivity contribution in [2.24, 2.45) is 0 Å². The van der Waals surface area contributed by atoms with Crippen LogP contribution in [-0.2, 0) is 0 Å². The minimum atomic E-state index is 0.123. The van der Waals surface area contributed by atoms with Gasteiger partial charge >= 0.3 is 0 Å². The normalized spacial score (nSPS) is 9.73. The van der Waals surface area contributed by atoms with Crippen LogP contribution in [0.25, 0.3) is 0 Å². The van der Waals surface area contributed by atoms with Gasteiger partial charge in [0.25, 0.3) is 0 Å². The van der Waals surface area contributed by atoms with E-state index in [9.17, 15) is 5.11 Å². The largest absolute Gasteiger partial charge is 0.503 e. The number of nitrogens with zero attached hydrogens (tertiary/aromatic N) is 1. The van der Waals surface area contributed by atoms with Gasteiger partial charge in [-0.15, -0.1) is 0 Å². The molecule has 1 aromatic rings. The fraction of sp³-hybridized carbons (Fsp3) is 0.375. The molecule has 1 heterocycles. The van der Waals surface area contributed by atoms with Gasteiger partial charge in [0.05, 0.1) is 12.8 Å². The van der Waals surface area contributed by atoms with E-state index >= 15 is 0 Å². The van der Waals surface area contributed by atoms with Gasteiger partial charge in [0.15, 0.2) is 11.5 Å². The molecule has 0 atom stereocenters. The van der Waals surface area contributed by atoms with E-state index in [-0.39, 0.29) is 5.75 Å². The summed E-state index contributed by atoms with van der Waals surface area (Å²) in [6.07, 6.45) is 0. The van der Waals surface area contributed by atoms with Gasteiger partial charge in [0.2, 0.25) is 0 Å². The van der Waals surface area contributed by atoms with Crippen LogP contribution in [0.4, 0.5) is 0 Å². The Morgan fingerprint density at radius 2 is 2.09 bits per heavy atom. The van der Waals surface area contributed by atoms with E-state index in [4.69, 9.17) is 4.74 Å². The van der Waals surface area contributed by atoms with Crippen molar-refractivity contribution in [1.82, 2.24) is 4.98 Å². The fourth-order valence-corrected chi connectivity index (χ4v) is 0.942. The maximum Gasteiger partial charge on any atom is 0.179 e. The van der Waals surface area contributed by atoms with E-state index in [1.165, 1.54) is 7.11 Å². The summed E-state index contributed by atoms with van der Waals surface area (Å²) < 4.78 is 4.92. The lowest BCUT2D eigenvalue weighted by atomic mass is 10.3. The molecule has 0 unspecified atom stereocenters. The van der Waals surface area contributed by atoms with Crippen molar-refractivity contribution in [3.63, 3.8) is 0 Å². The maximum absolute atomic E-state index is 9.33. The zero-order valence-corrected chi connectivity index (χ0v) is 6.88. The highest BCUT2D eigenvalue weighted by molar-refractivity contribution is 5.42. The Morgan fingerprint density at radius 1 is 1.45 bits per heavy atom. The van der Waals surface area contributed by atoms with Crippen molar-refractivity contribution in [2.75, 3.05) is 7.11 Å². The minimum Gasteiger partial charge on any atom is -0.503 e. The summed E-state index contributed by atoms with van der Waals surface area (Å²) in [4.78, 5) is 4.05. The van der Waals surface area contributed by atoms with Gasteiger partial charge in [0, 0.05) is 11.8 Å². The number of rotatable bonds is 1. The van der Waals surface area contributed by atoms with Gasteiger partial charge in [-0.3, -0.25) is 4.98 Å². The van der Waals surface area contributed by atoms with Crippen LogP contribution in [0, 0.1) is 13.8 Å². The number of ether oxygens (including phenoxy) is 1. The molecule has 3 heteroatoms. The van der Waals surface area contributed by atoms with Crippen molar-refractivity contribution < 1.29 is 9.84 Å². The molecule has 0 saturated carbocycles. The molecule has 0 aliphatic carbocycles. The second kappa shape index (κ2) is 2.78. The first-order valence-electron chi connectivity index (χ1n) is 3.36. The van der Waals surface area contributed by atoms with Crippen LogP contribution in [0.5, 0.6) is 11.5 Å². The lowest BCUT2D eigenvalue weighted by molar-refractivity contribution is 0.369. The number of hydrogen-bond donors (Lipinski definition) is 1. The van der Waals surface area contributed by atoms with Gasteiger partial charge in [-0.1, -0.05) is 0 Å². The Balaban J connectivity index is 3.24. The van der Waals surface area contributed by atoms with Crippen LogP contribution in [0.15, 0.2) is 6.07 Å². The smallest absolute Gasteiger partial charge is 0.179 e. The molecular weight excluding hydrogens is 142 g/mol. The van der Waals surface area contributed by atoms with Crippen LogP contribution in [0.2, 0.25) is 0 Å². The molecule has 1 rings (SSSR count). The predicted octanol–water partition coefficient (Wildman–Crippen LogP) is 1.41. The molecule has 0 spiro atoms. The van der Waals surface area contributed by atoms with Crippen LogP contribution in [0.3, 0.4) is 0 Å². The van der Waals surface area contributed by atoms with Gasteiger partial charge in [-0.2, -0.15) is 0 Å². The molecule has 1 aromatic heterocycles. The third-order valence-electron chi connectivity index (χ3n) is 1.48. The topological polar surface area (TPSA) is 42.4 Å². The predicted molar refractivity (Wildman–Crippen MR) is 41.9 cm³/mol. The monoisotopic (exact) mass is 153 g/mol. The summed E-state index contributed by atoms with van der Waals surface area (Å²) in [6, 6.07) is 1.70. The molecule has 60 valence electrons. The van der Waals surface area contributed by atoms with E-state index in [1.54, 1.807) is 13.0 Å². The highest BCUT2D eigenvalue weighted by Gasteiger charge is 2.05. The van der Waals surface area contributed by atoms with E-state index in [2.05, 4.69) is 4.98 Å². The quantitative estimate of drug-likeness (QED) is 0.663. The van der Waals surface area contributed by atoms with Gasteiger partial charge in [0.1, 0.15) is 0 Å². The summed E-state index contributed by atoms with van der Waals surface area (Å²) in [7, 11) is 1.52. The van der Waals surface area contributed by atoms with E-state index in [0.717, 1.165) is 5.69 Å². The minimum absolute atomic E-state index is 0.123. The lowest BCUT2D eigenvalue weighted by Crippen LogP contribution is -1.91. The Hall–Kier alpha value is -1.25. The standard InChI is InChI=1S/C8H11NO2/c1-5-4-7(11-3)8(10)6(2)9-5/h4,10H,1-3H3. The van der Waals surface area contributed by atoms with Gasteiger partial charge < -0.3 is 9.84 Å². The highest BCUT2D eigenvalue weighted by atomic mass is 16.5. The van der Waals surface area contributed by atoms with Crippen molar-refractivity contribution in [1.29, 1.82) is 0 Å². The molecule has 3 nitrogen and oxygen atoms in total. The number of methoxy groups -OCH3 is 1. The fourth-order valence-electron chi connectivity index (χ4n) is 0.942. The molecule has 0 saturated heterocycles. The van der Waals surface area contributed by atoms with Gasteiger partial charge in [-0.05, 0) is 13.8 Å². The SMILES string of the molecule is COc1cc(C)nc(C)c1O. The Kier molecular flexibility index (Phi) is 1.98. The van der Waals surface area contributed by atoms with Crippen molar-refractivity contribution in [2.45, 2.75) is 13.8 Å². The number of hydrogen-bond acceptors (Lipinski definition) is 3. The van der Waals surface area contributed by atoms with Gasteiger partial charge in [-0.25, -0.2) is 0 Å². The van der Waals surface area contributed by atoms with Crippen molar-refractivity contribution in [3.05, 3.63) is 17.5 Å². The van der Waals surface area contributed by atoms with E-state index in [0.29, 0.717) is 11.4 Å². The van der Waals surface area contributed by atoms with Crippen LogP contribution >= 0.6 is 0 Å². The molecule has 0 aliphatic rings. The Bertz CT molecular complexity index is 271. The maximum atomic E-state index is 9.33. The summed E-state index contributed by atoms with van der Waals surface area (Å²) in [5, 5.41) is 9.33. The summed E-state index contributed by atoms with van der Waals surface area (Å²) in [6.45, 7) is 3.60. The average molecular weight is 153 g/mol. The summed E-state index contributed by atoms with van der Waals surface area (Å²) >= 11 is 0. The first-order chi connectivity index (χ1) is 5.15. The van der Waals surface area contributed by atoms with Crippen LogP contribution < -0.4 is 4.74 Å². The second-order valence-electron chi connectivity index (χ2n) is 2.40. The summed E-state index contributed by atoms with van der Waals surface area (Å²) in [5.74, 6) is 0.605. The molecule has 0 aliphatic heterocycles. The van der Waals surface area contributed by atoms with E-state index < -0.39 is 0 Å². The first-order valence-corrected chi connectivity index (χ1v) is 3.36. The van der Waals surface area contributed by atoms with E-state index in [1.807, 2.05) is 6.92 Å². The number of aromatic nitrogens is 1. The molecule has 0 amide bonds. The first kappa shape index (κ1) is 7.85. The van der Waals surface area contributed by atoms with Crippen LogP contribution in [-0.4, -0.2) is 17.2 Å². The molecule has 0 aromatic carbocycles. The lowest BCUT2D eigenvalue weighted by Gasteiger charge is -2.05. The average Bonchev–Trinajstić information content (AvgIpc) is 1.96. The zero-order valence-electron chi connectivity index (χ0n) is 6.88. The molecule has 0 fully saturated rings. The number of pyridine rings is 1. The van der Waals surface area contributed by atoms with Crippen molar-refractivity contribution in [3.8, 4) is 11.5 Å². The highest BCUT2D eigenvalue weighted by Crippen LogP contribution is 2.27. The molecule has 0 bridgehead atoms. The number of aryl methyl sites for hydroxylation is 2. The third kappa shape index (κ3) is 1.42. The zero-order chi connectivity index (χ0) is 8.43. The second-order valence-corrected chi connectivity index (χ2v) is 2.40. The number of aromatic hydroxyl groups is 1. The van der Waals surface area contributed by atoms with Crippen molar-refractivity contribution >= 4 is 0 Å². The molecular formula is C8H11NO2. The molecule has 11 heavy (non-hydrogen) atoms. The third-order valence-corrected chi connectivity index (χ3v) is 1.48.